The third-order valence-electron chi connectivity index (χ3n) is 5.81. The van der Waals surface area contributed by atoms with Gasteiger partial charge in [0, 0.05) is 10.8 Å². The minimum Gasteiger partial charge on any atom is -0.311 e. The van der Waals surface area contributed by atoms with Crippen molar-refractivity contribution in [2.24, 2.45) is 5.92 Å². The number of nitrogens with one attached hydrogen (secondary N) is 1. The molecule has 2 heterocycles. The Bertz CT molecular complexity index is 1120. The molecule has 0 aliphatic heterocycles. The number of hydrogen-bond acceptors (Lipinski definition) is 4. The van der Waals surface area contributed by atoms with Crippen molar-refractivity contribution >= 4 is 22.2 Å². The summed E-state index contributed by atoms with van der Waals surface area (Å²) in [6.45, 7) is 2.24. The van der Waals surface area contributed by atoms with Crippen molar-refractivity contribution in [3.05, 3.63) is 63.8 Å². The average molecular weight is 403 g/mol. The lowest BCUT2D eigenvalue weighted by Gasteiger charge is -2.17. The van der Waals surface area contributed by atoms with Crippen molar-refractivity contribution < 1.29 is 4.79 Å². The van der Waals surface area contributed by atoms with Gasteiger partial charge in [0.05, 0.1) is 16.9 Å². The number of nitrogens with zero attached hydrogens (tertiary/aromatic N) is 3. The highest BCUT2D eigenvalue weighted by Gasteiger charge is 2.30. The number of fused-ring (bicyclic) bond motifs is 1. The zero-order valence-electron chi connectivity index (χ0n) is 16.3. The highest BCUT2D eigenvalue weighted by molar-refractivity contribution is 7.16. The molecule has 2 aliphatic carbocycles. The standard InChI is InChI=1S/C23H22N4OS/c1-14-7-10-17-18(13-24)23(29-21(17)11-14)25-22(28)20-12-19(15-8-9-15)26-27(20)16-5-3-2-4-6-16/h2-6,12,14-15H,7-11H2,1H3,(H,25,28). The summed E-state index contributed by atoms with van der Waals surface area (Å²) in [7, 11) is 0. The molecule has 6 heteroatoms. The third-order valence-corrected chi connectivity index (χ3v) is 6.98. The molecule has 29 heavy (non-hydrogen) atoms. The van der Waals surface area contributed by atoms with Gasteiger partial charge in [-0.25, -0.2) is 4.68 Å². The molecule has 5 nitrogen and oxygen atoms in total. The van der Waals surface area contributed by atoms with Gasteiger partial charge in [0.1, 0.15) is 16.8 Å². The third kappa shape index (κ3) is 3.36. The Morgan fingerprint density at radius 3 is 2.79 bits per heavy atom. The second kappa shape index (κ2) is 7.16. The number of rotatable bonds is 4. The van der Waals surface area contributed by atoms with Crippen LogP contribution in [0.4, 0.5) is 5.00 Å². The van der Waals surface area contributed by atoms with E-state index in [4.69, 9.17) is 5.10 Å². The molecule has 5 rings (SSSR count). The predicted molar refractivity (Wildman–Crippen MR) is 114 cm³/mol. The number of carbonyl (C=O) groups excluding carboxylic acids is 1. The second-order valence-corrected chi connectivity index (χ2v) is 9.20. The molecular weight excluding hydrogens is 380 g/mol. The van der Waals surface area contributed by atoms with Gasteiger partial charge in [0.2, 0.25) is 0 Å². The van der Waals surface area contributed by atoms with Gasteiger partial charge in [-0.1, -0.05) is 25.1 Å². The van der Waals surface area contributed by atoms with E-state index >= 15 is 0 Å². The van der Waals surface area contributed by atoms with Crippen molar-refractivity contribution in [2.75, 3.05) is 5.32 Å². The Hall–Kier alpha value is -2.91. The van der Waals surface area contributed by atoms with Crippen LogP contribution in [0, 0.1) is 17.2 Å². The lowest BCUT2D eigenvalue weighted by molar-refractivity contribution is 0.102. The van der Waals surface area contributed by atoms with Gasteiger partial charge >= 0.3 is 0 Å². The summed E-state index contributed by atoms with van der Waals surface area (Å²) in [4.78, 5) is 14.5. The van der Waals surface area contributed by atoms with Crippen molar-refractivity contribution in [1.82, 2.24) is 9.78 Å². The molecule has 0 saturated heterocycles. The Morgan fingerprint density at radius 2 is 2.07 bits per heavy atom. The van der Waals surface area contributed by atoms with Crippen LogP contribution in [-0.2, 0) is 12.8 Å². The SMILES string of the molecule is CC1CCc2c(sc(NC(=O)c3cc(C4CC4)nn3-c3ccccc3)c2C#N)C1. The normalized spacial score (nSPS) is 18.1. The monoisotopic (exact) mass is 402 g/mol. The summed E-state index contributed by atoms with van der Waals surface area (Å²) in [6.07, 6.45) is 5.25. The summed E-state index contributed by atoms with van der Waals surface area (Å²) in [5, 5.41) is 18.1. The molecule has 1 saturated carbocycles. The summed E-state index contributed by atoms with van der Waals surface area (Å²) < 4.78 is 1.73. The molecule has 2 aromatic heterocycles. The summed E-state index contributed by atoms with van der Waals surface area (Å²) in [5.41, 5.74) is 4.12. The Morgan fingerprint density at radius 1 is 1.28 bits per heavy atom. The Kier molecular flexibility index (Phi) is 4.48. The fourth-order valence-corrected chi connectivity index (χ4v) is 5.39. The van der Waals surface area contributed by atoms with Gasteiger partial charge in [0.25, 0.3) is 5.91 Å². The molecule has 0 radical (unpaired) electrons. The van der Waals surface area contributed by atoms with Crippen LogP contribution in [-0.4, -0.2) is 15.7 Å². The average Bonchev–Trinajstić information content (AvgIpc) is 3.39. The van der Waals surface area contributed by atoms with Crippen LogP contribution in [0.5, 0.6) is 0 Å². The van der Waals surface area contributed by atoms with Gasteiger partial charge in [-0.15, -0.1) is 11.3 Å². The van der Waals surface area contributed by atoms with Gasteiger partial charge in [0.15, 0.2) is 0 Å². The highest BCUT2D eigenvalue weighted by Crippen LogP contribution is 2.41. The van der Waals surface area contributed by atoms with E-state index < -0.39 is 0 Å². The van der Waals surface area contributed by atoms with Gasteiger partial charge in [-0.2, -0.15) is 10.4 Å². The topological polar surface area (TPSA) is 70.7 Å². The second-order valence-electron chi connectivity index (χ2n) is 8.10. The molecule has 1 N–H and O–H groups in total. The molecule has 0 bridgehead atoms. The summed E-state index contributed by atoms with van der Waals surface area (Å²) >= 11 is 1.56. The van der Waals surface area contributed by atoms with Crippen molar-refractivity contribution in [3.63, 3.8) is 0 Å². The highest BCUT2D eigenvalue weighted by atomic mass is 32.1. The van der Waals surface area contributed by atoms with Crippen molar-refractivity contribution in [1.29, 1.82) is 5.26 Å². The zero-order valence-corrected chi connectivity index (χ0v) is 17.1. The molecule has 146 valence electrons. The molecule has 1 unspecified atom stereocenters. The molecule has 1 aromatic carbocycles. The van der Waals surface area contributed by atoms with Crippen molar-refractivity contribution in [3.8, 4) is 11.8 Å². The van der Waals surface area contributed by atoms with E-state index in [1.54, 1.807) is 16.0 Å². The van der Waals surface area contributed by atoms with Crippen LogP contribution in [0.25, 0.3) is 5.69 Å². The maximum absolute atomic E-state index is 13.2. The fraction of sp³-hybridized carbons (Fsp3) is 0.348. The van der Waals surface area contributed by atoms with E-state index in [1.165, 1.54) is 4.88 Å². The number of thiophene rings is 1. The molecule has 1 atom stereocenters. The van der Waals surface area contributed by atoms with E-state index in [-0.39, 0.29) is 5.91 Å². The van der Waals surface area contributed by atoms with Gasteiger partial charge in [-0.05, 0) is 61.8 Å². The maximum atomic E-state index is 13.2. The number of hydrogen-bond donors (Lipinski definition) is 1. The summed E-state index contributed by atoms with van der Waals surface area (Å²) in [6, 6.07) is 14.0. The largest absolute Gasteiger partial charge is 0.311 e. The lowest BCUT2D eigenvalue weighted by atomic mass is 9.89. The van der Waals surface area contributed by atoms with Crippen LogP contribution in [0.1, 0.15) is 64.3 Å². The first kappa shape index (κ1) is 18.1. The van der Waals surface area contributed by atoms with Crippen LogP contribution in [0.2, 0.25) is 0 Å². The first-order valence-electron chi connectivity index (χ1n) is 10.2. The first-order valence-corrected chi connectivity index (χ1v) is 11.0. The minimum absolute atomic E-state index is 0.212. The quantitative estimate of drug-likeness (QED) is 0.663. The number of carbonyl (C=O) groups is 1. The number of anilines is 1. The number of nitriles is 1. The molecule has 2 aliphatic rings. The van der Waals surface area contributed by atoms with Crippen LogP contribution in [0.15, 0.2) is 36.4 Å². The Labute approximate surface area is 174 Å². The zero-order chi connectivity index (χ0) is 20.0. The number of aromatic nitrogens is 2. The molecular formula is C23H22N4OS. The van der Waals surface area contributed by atoms with E-state index in [1.807, 2.05) is 36.4 Å². The molecule has 0 spiro atoms. The number of benzene rings is 1. The summed E-state index contributed by atoms with van der Waals surface area (Å²) in [5.74, 6) is 0.866. The minimum atomic E-state index is -0.212. The van der Waals surface area contributed by atoms with Gasteiger partial charge in [-0.3, -0.25) is 4.79 Å². The smallest absolute Gasteiger partial charge is 0.275 e. The molecule has 3 aromatic rings. The van der Waals surface area contributed by atoms with E-state index in [9.17, 15) is 10.1 Å². The maximum Gasteiger partial charge on any atom is 0.275 e. The van der Waals surface area contributed by atoms with Gasteiger partial charge < -0.3 is 5.32 Å². The number of para-hydroxylation sites is 1. The number of amides is 1. The Balaban J connectivity index is 1.50. The van der Waals surface area contributed by atoms with E-state index in [2.05, 4.69) is 18.3 Å². The molecule has 1 amide bonds. The first-order chi connectivity index (χ1) is 14.1. The van der Waals surface area contributed by atoms with Crippen LogP contribution >= 0.6 is 11.3 Å². The molecule has 1 fully saturated rings. The van der Waals surface area contributed by atoms with Crippen LogP contribution < -0.4 is 5.32 Å². The fourth-order valence-electron chi connectivity index (χ4n) is 4.03. The predicted octanol–water partition coefficient (Wildman–Crippen LogP) is 5.06. The van der Waals surface area contributed by atoms with Crippen molar-refractivity contribution in [2.45, 2.75) is 44.9 Å². The van der Waals surface area contributed by atoms with E-state index in [0.717, 1.165) is 49.0 Å². The van der Waals surface area contributed by atoms with E-state index in [0.29, 0.717) is 28.1 Å². The van der Waals surface area contributed by atoms with Crippen LogP contribution in [0.3, 0.4) is 0 Å². The lowest BCUT2D eigenvalue weighted by Crippen LogP contribution is -2.17.